The largest absolute Gasteiger partial charge is 0.386 e. The van der Waals surface area contributed by atoms with Gasteiger partial charge in [-0.25, -0.2) is 23.1 Å². The van der Waals surface area contributed by atoms with Gasteiger partial charge in [0.2, 0.25) is 0 Å². The SMILES string of the molecule is CC(C)(C)C(C/C(N)=N/N)Nc1nc(-c2c[nH]c3c(F)cc(F)cc23)ncc1F. The van der Waals surface area contributed by atoms with Crippen LogP contribution in [0, 0.1) is 22.9 Å². The zero-order valence-electron chi connectivity index (χ0n) is 16.2. The number of hydrazone groups is 1. The Morgan fingerprint density at radius 2 is 1.97 bits per heavy atom. The van der Waals surface area contributed by atoms with Crippen LogP contribution in [0.4, 0.5) is 19.0 Å². The van der Waals surface area contributed by atoms with E-state index in [0.717, 1.165) is 12.3 Å². The number of halogens is 3. The number of fused-ring (bicyclic) bond motifs is 1. The van der Waals surface area contributed by atoms with Crippen molar-refractivity contribution in [1.82, 2.24) is 15.0 Å². The van der Waals surface area contributed by atoms with Gasteiger partial charge in [0, 0.05) is 35.7 Å². The lowest BCUT2D eigenvalue weighted by Gasteiger charge is -2.31. The van der Waals surface area contributed by atoms with E-state index in [0.29, 0.717) is 5.56 Å². The monoisotopic (exact) mass is 405 g/mol. The summed E-state index contributed by atoms with van der Waals surface area (Å²) >= 11 is 0. The number of H-pyrrole nitrogens is 1. The second-order valence-corrected chi connectivity index (χ2v) is 7.79. The minimum absolute atomic E-state index is 0.0639. The van der Waals surface area contributed by atoms with Crippen molar-refractivity contribution in [2.45, 2.75) is 33.2 Å². The van der Waals surface area contributed by atoms with Crippen molar-refractivity contribution in [3.05, 3.63) is 42.0 Å². The van der Waals surface area contributed by atoms with Crippen molar-refractivity contribution >= 4 is 22.6 Å². The molecule has 3 rings (SSSR count). The molecule has 0 fully saturated rings. The Balaban J connectivity index is 2.02. The molecule has 0 spiro atoms. The van der Waals surface area contributed by atoms with E-state index >= 15 is 0 Å². The zero-order chi connectivity index (χ0) is 21.3. The average molecular weight is 405 g/mol. The van der Waals surface area contributed by atoms with E-state index < -0.39 is 17.5 Å². The molecule has 1 atom stereocenters. The van der Waals surface area contributed by atoms with Gasteiger partial charge in [0.1, 0.15) is 17.5 Å². The molecule has 6 N–H and O–H groups in total. The Kier molecular flexibility index (Phi) is 5.36. The summed E-state index contributed by atoms with van der Waals surface area (Å²) in [7, 11) is 0. The number of hydrogen-bond acceptors (Lipinski definition) is 5. The highest BCUT2D eigenvalue weighted by Crippen LogP contribution is 2.31. The van der Waals surface area contributed by atoms with E-state index in [4.69, 9.17) is 11.6 Å². The lowest BCUT2D eigenvalue weighted by molar-refractivity contribution is 0.344. The van der Waals surface area contributed by atoms with Crippen molar-refractivity contribution in [2.75, 3.05) is 5.32 Å². The van der Waals surface area contributed by atoms with Gasteiger partial charge < -0.3 is 21.9 Å². The summed E-state index contributed by atoms with van der Waals surface area (Å²) in [6, 6.07) is 1.60. The quantitative estimate of drug-likeness (QED) is 0.224. The summed E-state index contributed by atoms with van der Waals surface area (Å²) in [6.45, 7) is 5.83. The Morgan fingerprint density at radius 3 is 2.62 bits per heavy atom. The molecule has 0 radical (unpaired) electrons. The highest BCUT2D eigenvalue weighted by Gasteiger charge is 2.27. The predicted octanol–water partition coefficient (Wildman–Crippen LogP) is 3.49. The van der Waals surface area contributed by atoms with Crippen molar-refractivity contribution in [1.29, 1.82) is 0 Å². The summed E-state index contributed by atoms with van der Waals surface area (Å²) in [4.78, 5) is 10.9. The number of aromatic amines is 1. The molecule has 154 valence electrons. The van der Waals surface area contributed by atoms with E-state index in [1.165, 1.54) is 12.3 Å². The molecule has 0 saturated carbocycles. The molecule has 0 amide bonds. The molecule has 0 aliphatic carbocycles. The van der Waals surface area contributed by atoms with Crippen LogP contribution in [-0.4, -0.2) is 26.8 Å². The van der Waals surface area contributed by atoms with Crippen LogP contribution in [0.5, 0.6) is 0 Å². The van der Waals surface area contributed by atoms with Gasteiger partial charge in [-0.15, -0.1) is 0 Å². The first-order chi connectivity index (χ1) is 13.6. The number of aromatic nitrogens is 3. The van der Waals surface area contributed by atoms with E-state index in [1.807, 2.05) is 20.8 Å². The molecule has 0 aliphatic rings. The van der Waals surface area contributed by atoms with E-state index in [9.17, 15) is 13.2 Å². The number of nitrogens with zero attached hydrogens (tertiary/aromatic N) is 3. The van der Waals surface area contributed by atoms with Crippen LogP contribution < -0.4 is 16.9 Å². The fourth-order valence-electron chi connectivity index (χ4n) is 2.94. The van der Waals surface area contributed by atoms with Gasteiger partial charge in [0.05, 0.1) is 11.7 Å². The third kappa shape index (κ3) is 4.25. The van der Waals surface area contributed by atoms with E-state index in [1.54, 1.807) is 0 Å². The molecular formula is C19H22F3N7. The number of rotatable bonds is 5. The molecule has 2 aromatic heterocycles. The number of nitrogens with one attached hydrogen (secondary N) is 2. The minimum Gasteiger partial charge on any atom is -0.386 e. The molecule has 3 aromatic rings. The Labute approximate surface area is 165 Å². The number of anilines is 1. The van der Waals surface area contributed by atoms with Crippen molar-refractivity contribution < 1.29 is 13.2 Å². The molecule has 7 nitrogen and oxygen atoms in total. The van der Waals surface area contributed by atoms with Crippen molar-refractivity contribution in [2.24, 2.45) is 22.1 Å². The zero-order valence-corrected chi connectivity index (χ0v) is 16.2. The van der Waals surface area contributed by atoms with Crippen LogP contribution >= 0.6 is 0 Å². The standard InChI is InChI=1S/C19H22F3N7/c1-19(2,3)14(6-15(23)29-24)27-18-13(22)8-26-17(28-18)11-7-25-16-10(11)4-9(20)5-12(16)21/h4-5,7-8,14,25H,6,24H2,1-3H3,(H2,23,29)(H,26,27,28). The Hall–Kier alpha value is -3.30. The molecule has 10 heteroatoms. The van der Waals surface area contributed by atoms with Gasteiger partial charge in [0.15, 0.2) is 17.5 Å². The maximum absolute atomic E-state index is 14.4. The molecule has 29 heavy (non-hydrogen) atoms. The molecule has 0 saturated heterocycles. The first-order valence-corrected chi connectivity index (χ1v) is 8.88. The van der Waals surface area contributed by atoms with Gasteiger partial charge in [0.25, 0.3) is 0 Å². The number of hydrogen-bond donors (Lipinski definition) is 4. The fourth-order valence-corrected chi connectivity index (χ4v) is 2.94. The minimum atomic E-state index is -0.740. The topological polar surface area (TPSA) is 118 Å². The molecule has 2 heterocycles. The normalized spacial score (nSPS) is 13.7. The van der Waals surface area contributed by atoms with Crippen LogP contribution in [0.2, 0.25) is 0 Å². The van der Waals surface area contributed by atoms with E-state index in [-0.39, 0.29) is 46.3 Å². The highest BCUT2D eigenvalue weighted by atomic mass is 19.1. The first-order valence-electron chi connectivity index (χ1n) is 8.88. The van der Waals surface area contributed by atoms with Crippen molar-refractivity contribution in [3.8, 4) is 11.4 Å². The Morgan fingerprint density at radius 1 is 1.24 bits per heavy atom. The maximum Gasteiger partial charge on any atom is 0.183 e. The second kappa shape index (κ2) is 7.61. The third-order valence-electron chi connectivity index (χ3n) is 4.63. The van der Waals surface area contributed by atoms with Crippen LogP contribution in [0.1, 0.15) is 27.2 Å². The van der Waals surface area contributed by atoms with Crippen LogP contribution in [0.3, 0.4) is 0 Å². The maximum atomic E-state index is 14.4. The number of nitrogens with two attached hydrogens (primary N) is 2. The third-order valence-corrected chi connectivity index (χ3v) is 4.63. The summed E-state index contributed by atoms with van der Waals surface area (Å²) < 4.78 is 42.1. The molecular weight excluding hydrogens is 383 g/mol. The second-order valence-electron chi connectivity index (χ2n) is 7.79. The highest BCUT2D eigenvalue weighted by molar-refractivity contribution is 5.94. The van der Waals surface area contributed by atoms with Gasteiger partial charge >= 0.3 is 0 Å². The van der Waals surface area contributed by atoms with Crippen molar-refractivity contribution in [3.63, 3.8) is 0 Å². The summed E-state index contributed by atoms with van der Waals surface area (Å²) in [5, 5.41) is 6.75. The van der Waals surface area contributed by atoms with Gasteiger partial charge in [-0.3, -0.25) is 0 Å². The Bertz CT molecular complexity index is 1070. The smallest absolute Gasteiger partial charge is 0.183 e. The first kappa shape index (κ1) is 20.4. The van der Waals surface area contributed by atoms with Gasteiger partial charge in [-0.2, -0.15) is 5.10 Å². The van der Waals surface area contributed by atoms with Crippen LogP contribution in [0.25, 0.3) is 22.3 Å². The molecule has 1 aromatic carbocycles. The molecule has 1 unspecified atom stereocenters. The number of benzene rings is 1. The molecule has 0 aliphatic heterocycles. The fraction of sp³-hybridized carbons (Fsp3) is 0.316. The number of amidine groups is 1. The summed E-state index contributed by atoms with van der Waals surface area (Å²) in [5.41, 5.74) is 5.87. The lowest BCUT2D eigenvalue weighted by Crippen LogP contribution is -2.38. The molecule has 0 bridgehead atoms. The summed E-state index contributed by atoms with van der Waals surface area (Å²) in [5.74, 6) is 3.32. The van der Waals surface area contributed by atoms with Gasteiger partial charge in [-0.05, 0) is 11.5 Å². The van der Waals surface area contributed by atoms with E-state index in [2.05, 4.69) is 25.4 Å². The average Bonchev–Trinajstić information content (AvgIpc) is 3.06. The lowest BCUT2D eigenvalue weighted by atomic mass is 9.84. The van der Waals surface area contributed by atoms with Crippen LogP contribution in [-0.2, 0) is 0 Å². The predicted molar refractivity (Wildman–Crippen MR) is 106 cm³/mol. The van der Waals surface area contributed by atoms with Gasteiger partial charge in [-0.1, -0.05) is 20.8 Å². The summed E-state index contributed by atoms with van der Waals surface area (Å²) in [6.07, 6.45) is 2.71. The van der Waals surface area contributed by atoms with Crippen LogP contribution in [0.15, 0.2) is 29.6 Å².